The third kappa shape index (κ3) is 7.90. The maximum atomic E-state index is 13.4. The zero-order valence-electron chi connectivity index (χ0n) is 28.0. The fraction of sp³-hybridized carbons (Fsp3) is 0.286. The minimum absolute atomic E-state index is 0.00654. The van der Waals surface area contributed by atoms with E-state index >= 15 is 0 Å². The van der Waals surface area contributed by atoms with Crippen LogP contribution in [0, 0.1) is 0 Å². The molecule has 15 nitrogen and oxygen atoms in total. The lowest BCUT2D eigenvalue weighted by atomic mass is 9.94. The summed E-state index contributed by atoms with van der Waals surface area (Å²) in [5, 5.41) is 24.7. The molecule has 0 spiro atoms. The van der Waals surface area contributed by atoms with Gasteiger partial charge >= 0.3 is 5.63 Å². The maximum Gasteiger partial charge on any atom is 0.343 e. The highest BCUT2D eigenvalue weighted by Crippen LogP contribution is 2.38. The molecule has 0 aliphatic carbocycles. The molecular weight excluding hydrogens is 677 g/mol. The van der Waals surface area contributed by atoms with Crippen molar-refractivity contribution in [2.75, 3.05) is 51.3 Å². The summed E-state index contributed by atoms with van der Waals surface area (Å²) in [6.45, 7) is 6.34. The first-order chi connectivity index (χ1) is 24.4. The molecule has 0 radical (unpaired) electrons. The monoisotopic (exact) mass is 714 g/mol. The van der Waals surface area contributed by atoms with Gasteiger partial charge in [-0.1, -0.05) is 36.4 Å². The molecule has 1 saturated heterocycles. The third-order valence-electron chi connectivity index (χ3n) is 8.69. The van der Waals surface area contributed by atoms with Gasteiger partial charge in [0.1, 0.15) is 35.4 Å². The normalized spacial score (nSPS) is 14.7. The van der Waals surface area contributed by atoms with Crippen LogP contribution in [0.5, 0.6) is 5.75 Å². The first-order valence-electron chi connectivity index (χ1n) is 16.2. The van der Waals surface area contributed by atoms with Crippen molar-refractivity contribution in [1.82, 2.24) is 34.5 Å². The van der Waals surface area contributed by atoms with Crippen molar-refractivity contribution in [3.8, 4) is 28.1 Å². The van der Waals surface area contributed by atoms with Crippen molar-refractivity contribution in [1.29, 1.82) is 0 Å². The number of nitrogen functional groups attached to an aromatic ring is 1. The Hall–Kier alpha value is -5.26. The quantitative estimate of drug-likeness (QED) is 0.167. The number of fused-ring (bicyclic) bond motifs is 2. The molecule has 4 aromatic heterocycles. The molecular formula is C35H38N8O7S. The van der Waals surface area contributed by atoms with Gasteiger partial charge in [0.2, 0.25) is 0 Å². The molecule has 5 N–H and O–H groups in total. The van der Waals surface area contributed by atoms with Gasteiger partial charge < -0.3 is 25.3 Å². The zero-order valence-corrected chi connectivity index (χ0v) is 28.9. The molecule has 0 unspecified atom stereocenters. The summed E-state index contributed by atoms with van der Waals surface area (Å²) in [4.78, 5) is 31.0. The predicted octanol–water partition coefficient (Wildman–Crippen LogP) is 3.17. The summed E-state index contributed by atoms with van der Waals surface area (Å²) in [6.07, 6.45) is 4.32. The number of hydrogen-bond donors (Lipinski definition) is 4. The van der Waals surface area contributed by atoms with Gasteiger partial charge in [-0.05, 0) is 43.3 Å². The number of benzene rings is 2. The number of piperazine rings is 1. The zero-order chi connectivity index (χ0) is 36.3. The van der Waals surface area contributed by atoms with Gasteiger partial charge in [-0.25, -0.2) is 19.4 Å². The van der Waals surface area contributed by atoms with E-state index in [-0.39, 0.29) is 11.6 Å². The fourth-order valence-corrected chi connectivity index (χ4v) is 6.38. The summed E-state index contributed by atoms with van der Waals surface area (Å²) in [5.41, 5.74) is 10.3. The Labute approximate surface area is 293 Å². The molecule has 1 atom stereocenters. The SMILES string of the molecule is C[C@@H](c1oc(=O)c2ccccc2c1-c1cccc(CN2CCN(C)CC2)c1)n1nc(-c2cncc(O)c2)c2c(N)ncnc21.O=S(=O)(O)CCO. The summed E-state index contributed by atoms with van der Waals surface area (Å²) < 4.78 is 34.9. The molecule has 5 heterocycles. The molecule has 1 aliphatic rings. The van der Waals surface area contributed by atoms with E-state index in [4.69, 9.17) is 24.9 Å². The third-order valence-corrected chi connectivity index (χ3v) is 9.39. The Morgan fingerprint density at radius 3 is 2.41 bits per heavy atom. The average Bonchev–Trinajstić information content (AvgIpc) is 3.50. The van der Waals surface area contributed by atoms with Crippen molar-refractivity contribution in [3.05, 3.63) is 95.1 Å². The number of hydrogen-bond acceptors (Lipinski definition) is 13. The number of aliphatic hydroxyl groups is 1. The van der Waals surface area contributed by atoms with Crippen LogP contribution in [0.2, 0.25) is 0 Å². The second-order valence-corrected chi connectivity index (χ2v) is 13.9. The molecule has 266 valence electrons. The molecule has 16 heteroatoms. The second kappa shape index (κ2) is 14.9. The second-order valence-electron chi connectivity index (χ2n) is 12.3. The number of likely N-dealkylation sites (N-methyl/N-ethyl adjacent to an activating group) is 1. The largest absolute Gasteiger partial charge is 0.506 e. The van der Waals surface area contributed by atoms with Crippen LogP contribution in [-0.2, 0) is 16.7 Å². The highest BCUT2D eigenvalue weighted by atomic mass is 32.2. The molecule has 0 amide bonds. The van der Waals surface area contributed by atoms with Crippen LogP contribution in [0.25, 0.3) is 44.2 Å². The Balaban J connectivity index is 0.000000582. The van der Waals surface area contributed by atoms with Crippen LogP contribution in [-0.4, -0.2) is 103 Å². The lowest BCUT2D eigenvalue weighted by Crippen LogP contribution is -2.43. The topological polar surface area (TPSA) is 214 Å². The number of rotatable bonds is 8. The molecule has 2 aromatic carbocycles. The van der Waals surface area contributed by atoms with Crippen molar-refractivity contribution in [3.63, 3.8) is 0 Å². The Kier molecular flexibility index (Phi) is 10.4. The minimum atomic E-state index is -3.92. The predicted molar refractivity (Wildman–Crippen MR) is 193 cm³/mol. The number of pyridine rings is 1. The van der Waals surface area contributed by atoms with E-state index in [0.29, 0.717) is 33.4 Å². The Morgan fingerprint density at radius 2 is 1.73 bits per heavy atom. The van der Waals surface area contributed by atoms with Gasteiger partial charge in [0.05, 0.1) is 29.3 Å². The van der Waals surface area contributed by atoms with E-state index in [9.17, 15) is 18.3 Å². The van der Waals surface area contributed by atoms with E-state index in [1.54, 1.807) is 23.0 Å². The van der Waals surface area contributed by atoms with Gasteiger partial charge in [-0.2, -0.15) is 13.5 Å². The Morgan fingerprint density at radius 1 is 0.980 bits per heavy atom. The molecule has 6 aromatic rings. The van der Waals surface area contributed by atoms with E-state index in [1.807, 2.05) is 25.1 Å². The first-order valence-corrected chi connectivity index (χ1v) is 17.8. The van der Waals surface area contributed by atoms with Crippen molar-refractivity contribution in [2.24, 2.45) is 0 Å². The number of aromatic hydroxyl groups is 1. The number of aliphatic hydroxyl groups excluding tert-OH is 1. The molecule has 0 saturated carbocycles. The van der Waals surface area contributed by atoms with Crippen LogP contribution in [0.1, 0.15) is 24.3 Å². The van der Waals surface area contributed by atoms with E-state index in [0.717, 1.165) is 49.2 Å². The molecule has 7 rings (SSSR count). The van der Waals surface area contributed by atoms with Crippen molar-refractivity contribution >= 4 is 37.7 Å². The fourth-order valence-electron chi connectivity index (χ4n) is 6.15. The molecule has 1 fully saturated rings. The van der Waals surface area contributed by atoms with E-state index in [2.05, 4.69) is 56.1 Å². The molecule has 1 aliphatic heterocycles. The van der Waals surface area contributed by atoms with E-state index < -0.39 is 34.1 Å². The lowest BCUT2D eigenvalue weighted by molar-refractivity contribution is 0.148. The summed E-state index contributed by atoms with van der Waals surface area (Å²) in [7, 11) is -1.77. The van der Waals surface area contributed by atoms with Crippen LogP contribution >= 0.6 is 0 Å². The minimum Gasteiger partial charge on any atom is -0.506 e. The van der Waals surface area contributed by atoms with Crippen molar-refractivity contribution in [2.45, 2.75) is 19.5 Å². The average molecular weight is 715 g/mol. The standard InChI is InChI=1S/C33H32N8O3.C2H6O4S/c1-20(41-32-28(31(34)36-19-37-32)29(38-41)23-15-24(42)17-35-16-23)30-27(25-8-3-4-9-26(25)33(43)44-30)22-7-5-6-21(14-22)18-40-12-10-39(2)11-13-40;3-1-2-7(4,5)6/h3-9,14-17,19-20,42H,10-13,18H2,1-2H3,(H2,34,36,37);3H,1-2H2,(H,4,5,6)/t20-;/m0./s1. The van der Waals surface area contributed by atoms with Crippen LogP contribution < -0.4 is 11.4 Å². The van der Waals surface area contributed by atoms with Crippen LogP contribution in [0.3, 0.4) is 0 Å². The lowest BCUT2D eigenvalue weighted by Gasteiger charge is -2.32. The van der Waals surface area contributed by atoms with Gasteiger partial charge in [0, 0.05) is 55.4 Å². The van der Waals surface area contributed by atoms with Gasteiger partial charge in [-0.15, -0.1) is 0 Å². The van der Waals surface area contributed by atoms with Gasteiger partial charge in [-0.3, -0.25) is 14.4 Å². The van der Waals surface area contributed by atoms with Crippen LogP contribution in [0.4, 0.5) is 5.82 Å². The number of nitrogens with two attached hydrogens (primary N) is 1. The highest BCUT2D eigenvalue weighted by Gasteiger charge is 2.27. The summed E-state index contributed by atoms with van der Waals surface area (Å²) >= 11 is 0. The molecule has 51 heavy (non-hydrogen) atoms. The van der Waals surface area contributed by atoms with E-state index in [1.165, 1.54) is 18.1 Å². The van der Waals surface area contributed by atoms with Gasteiger partial charge in [0.25, 0.3) is 10.1 Å². The smallest absolute Gasteiger partial charge is 0.343 e. The Bertz CT molecular complexity index is 2350. The summed E-state index contributed by atoms with van der Waals surface area (Å²) in [5.74, 6) is 0.108. The number of anilines is 1. The first kappa shape index (κ1) is 35.6. The summed E-state index contributed by atoms with van der Waals surface area (Å²) in [6, 6.07) is 16.9. The highest BCUT2D eigenvalue weighted by molar-refractivity contribution is 7.85. The number of aromatic nitrogens is 5. The van der Waals surface area contributed by atoms with Crippen LogP contribution in [0.15, 0.2) is 82.5 Å². The molecule has 0 bridgehead atoms. The maximum absolute atomic E-state index is 13.4. The van der Waals surface area contributed by atoms with Crippen molar-refractivity contribution < 1.29 is 27.6 Å². The number of nitrogens with zero attached hydrogens (tertiary/aromatic N) is 7. The van der Waals surface area contributed by atoms with Gasteiger partial charge in [0.15, 0.2) is 5.65 Å².